The first-order valence-corrected chi connectivity index (χ1v) is 8.68. The SMILES string of the molecule is Cc1ccc(C)c(C(=O)C(C)OC(=O)c2ccc3c(c2)OCCCO3)c1. The van der Waals surface area contributed by atoms with Gasteiger partial charge >= 0.3 is 5.97 Å². The van der Waals surface area contributed by atoms with E-state index in [1.807, 2.05) is 32.0 Å². The number of ketones is 1. The molecule has 136 valence electrons. The third-order valence-electron chi connectivity index (χ3n) is 4.29. The van der Waals surface area contributed by atoms with Crippen molar-refractivity contribution in [3.63, 3.8) is 0 Å². The van der Waals surface area contributed by atoms with Gasteiger partial charge in [0.05, 0.1) is 18.8 Å². The van der Waals surface area contributed by atoms with Crippen molar-refractivity contribution in [3.05, 3.63) is 58.7 Å². The van der Waals surface area contributed by atoms with Crippen molar-refractivity contribution in [2.45, 2.75) is 33.3 Å². The zero-order chi connectivity index (χ0) is 18.7. The maximum atomic E-state index is 12.6. The van der Waals surface area contributed by atoms with Gasteiger partial charge in [0.2, 0.25) is 5.78 Å². The Morgan fingerprint density at radius 1 is 1.00 bits per heavy atom. The molecular weight excluding hydrogens is 332 g/mol. The molecule has 0 saturated heterocycles. The van der Waals surface area contributed by atoms with Gasteiger partial charge in [-0.2, -0.15) is 0 Å². The molecule has 2 aromatic carbocycles. The van der Waals surface area contributed by atoms with Crippen molar-refractivity contribution in [2.24, 2.45) is 0 Å². The molecule has 0 amide bonds. The Morgan fingerprint density at radius 2 is 1.73 bits per heavy atom. The molecule has 1 heterocycles. The molecule has 0 N–H and O–H groups in total. The fourth-order valence-corrected chi connectivity index (χ4v) is 2.79. The minimum absolute atomic E-state index is 0.214. The largest absolute Gasteiger partial charge is 0.490 e. The number of hydrogen-bond acceptors (Lipinski definition) is 5. The van der Waals surface area contributed by atoms with Gasteiger partial charge in [-0.15, -0.1) is 0 Å². The number of Topliss-reactive ketones (excluding diaryl/α,β-unsaturated/α-hetero) is 1. The van der Waals surface area contributed by atoms with Crippen LogP contribution in [0.1, 0.15) is 45.2 Å². The highest BCUT2D eigenvalue weighted by atomic mass is 16.5. The van der Waals surface area contributed by atoms with Crippen LogP contribution in [0.3, 0.4) is 0 Å². The van der Waals surface area contributed by atoms with E-state index < -0.39 is 12.1 Å². The smallest absolute Gasteiger partial charge is 0.338 e. The molecule has 1 atom stereocenters. The summed E-state index contributed by atoms with van der Waals surface area (Å²) in [5.74, 6) is 0.352. The zero-order valence-electron chi connectivity index (χ0n) is 15.2. The Morgan fingerprint density at radius 3 is 2.50 bits per heavy atom. The highest BCUT2D eigenvalue weighted by molar-refractivity contribution is 6.02. The summed E-state index contributed by atoms with van der Waals surface area (Å²) < 4.78 is 16.5. The number of ether oxygens (including phenoxy) is 3. The Hall–Kier alpha value is -2.82. The van der Waals surface area contributed by atoms with Crippen LogP contribution in [0.4, 0.5) is 0 Å². The summed E-state index contributed by atoms with van der Waals surface area (Å²) in [7, 11) is 0. The zero-order valence-corrected chi connectivity index (χ0v) is 15.2. The van der Waals surface area contributed by atoms with E-state index in [0.717, 1.165) is 17.5 Å². The number of benzene rings is 2. The van der Waals surface area contributed by atoms with Crippen LogP contribution < -0.4 is 9.47 Å². The standard InChI is InChI=1S/C21H22O5/c1-13-5-6-14(2)17(11-13)20(22)15(3)26-21(23)16-7-8-18-19(12-16)25-10-4-9-24-18/h5-8,11-12,15H,4,9-10H2,1-3H3. The fourth-order valence-electron chi connectivity index (χ4n) is 2.79. The van der Waals surface area contributed by atoms with Crippen molar-refractivity contribution in [1.82, 2.24) is 0 Å². The van der Waals surface area contributed by atoms with Gasteiger partial charge < -0.3 is 14.2 Å². The van der Waals surface area contributed by atoms with Crippen molar-refractivity contribution in [1.29, 1.82) is 0 Å². The number of esters is 1. The predicted molar refractivity (Wildman–Crippen MR) is 97.2 cm³/mol. The highest BCUT2D eigenvalue weighted by Gasteiger charge is 2.23. The maximum Gasteiger partial charge on any atom is 0.338 e. The van der Waals surface area contributed by atoms with Crippen LogP contribution in [0.5, 0.6) is 11.5 Å². The molecule has 5 heteroatoms. The highest BCUT2D eigenvalue weighted by Crippen LogP contribution is 2.30. The molecule has 1 aliphatic rings. The monoisotopic (exact) mass is 354 g/mol. The van der Waals surface area contributed by atoms with Crippen LogP contribution in [-0.4, -0.2) is 31.1 Å². The van der Waals surface area contributed by atoms with E-state index in [1.54, 1.807) is 25.1 Å². The van der Waals surface area contributed by atoms with Gasteiger partial charge in [-0.1, -0.05) is 17.7 Å². The van der Waals surface area contributed by atoms with Gasteiger partial charge in [-0.05, 0) is 50.6 Å². The quantitative estimate of drug-likeness (QED) is 0.616. The Kier molecular flexibility index (Phi) is 5.26. The van der Waals surface area contributed by atoms with Gasteiger partial charge in [0, 0.05) is 12.0 Å². The van der Waals surface area contributed by atoms with Crippen LogP contribution in [0.15, 0.2) is 36.4 Å². The van der Waals surface area contributed by atoms with Crippen LogP contribution in [0.2, 0.25) is 0 Å². The summed E-state index contributed by atoms with van der Waals surface area (Å²) in [5.41, 5.74) is 2.75. The lowest BCUT2D eigenvalue weighted by molar-refractivity contribution is 0.0318. The van der Waals surface area contributed by atoms with Crippen LogP contribution in [-0.2, 0) is 4.74 Å². The summed E-state index contributed by atoms with van der Waals surface area (Å²) in [4.78, 5) is 25.1. The van der Waals surface area contributed by atoms with E-state index in [2.05, 4.69) is 0 Å². The Labute approximate surface area is 152 Å². The third-order valence-corrected chi connectivity index (χ3v) is 4.29. The summed E-state index contributed by atoms with van der Waals surface area (Å²) in [6.07, 6.45) is -0.0884. The molecule has 1 aliphatic heterocycles. The number of carbonyl (C=O) groups excluding carboxylic acids is 2. The molecule has 0 bridgehead atoms. The average molecular weight is 354 g/mol. The first kappa shape index (κ1) is 18.0. The van der Waals surface area contributed by atoms with E-state index in [9.17, 15) is 9.59 Å². The topological polar surface area (TPSA) is 61.8 Å². The van der Waals surface area contributed by atoms with Gasteiger partial charge in [0.1, 0.15) is 0 Å². The van der Waals surface area contributed by atoms with E-state index in [4.69, 9.17) is 14.2 Å². The first-order chi connectivity index (χ1) is 12.5. The van der Waals surface area contributed by atoms with Crippen molar-refractivity contribution >= 4 is 11.8 Å². The summed E-state index contributed by atoms with van der Waals surface area (Å²) in [5, 5.41) is 0. The molecule has 2 aromatic rings. The van der Waals surface area contributed by atoms with Crippen molar-refractivity contribution in [3.8, 4) is 11.5 Å². The molecule has 0 aliphatic carbocycles. The molecule has 0 aromatic heterocycles. The predicted octanol–water partition coefficient (Wildman–Crippen LogP) is 3.89. The molecule has 5 nitrogen and oxygen atoms in total. The van der Waals surface area contributed by atoms with Crippen molar-refractivity contribution in [2.75, 3.05) is 13.2 Å². The van der Waals surface area contributed by atoms with E-state index in [-0.39, 0.29) is 5.78 Å². The maximum absolute atomic E-state index is 12.6. The summed E-state index contributed by atoms with van der Waals surface area (Å²) >= 11 is 0. The van der Waals surface area contributed by atoms with E-state index >= 15 is 0 Å². The van der Waals surface area contributed by atoms with Crippen molar-refractivity contribution < 1.29 is 23.8 Å². The molecule has 0 fully saturated rings. The average Bonchev–Trinajstić information content (AvgIpc) is 2.87. The minimum atomic E-state index is -0.876. The molecule has 0 spiro atoms. The number of rotatable bonds is 4. The minimum Gasteiger partial charge on any atom is -0.490 e. The first-order valence-electron chi connectivity index (χ1n) is 8.68. The van der Waals surface area contributed by atoms with Gasteiger partial charge in [-0.25, -0.2) is 4.79 Å². The molecule has 3 rings (SSSR count). The summed E-state index contributed by atoms with van der Waals surface area (Å²) in [6, 6.07) is 10.6. The van der Waals surface area contributed by atoms with Crippen LogP contribution >= 0.6 is 0 Å². The number of hydrogen-bond donors (Lipinski definition) is 0. The normalized spacial score (nSPS) is 14.3. The second kappa shape index (κ2) is 7.60. The van der Waals surface area contributed by atoms with Gasteiger partial charge in [0.25, 0.3) is 0 Å². The van der Waals surface area contributed by atoms with Crippen LogP contribution in [0, 0.1) is 13.8 Å². The lowest BCUT2D eigenvalue weighted by atomic mass is 9.99. The lowest BCUT2D eigenvalue weighted by Crippen LogP contribution is -2.25. The van der Waals surface area contributed by atoms with E-state index in [0.29, 0.717) is 35.8 Å². The summed E-state index contributed by atoms with van der Waals surface area (Å²) in [6.45, 7) is 6.49. The second-order valence-electron chi connectivity index (χ2n) is 6.44. The Balaban J connectivity index is 1.74. The third kappa shape index (κ3) is 3.87. The number of aryl methyl sites for hydroxylation is 2. The fraction of sp³-hybridized carbons (Fsp3) is 0.333. The van der Waals surface area contributed by atoms with Gasteiger partial charge in [0.15, 0.2) is 17.6 Å². The molecular formula is C21H22O5. The number of fused-ring (bicyclic) bond motifs is 1. The van der Waals surface area contributed by atoms with Crippen LogP contribution in [0.25, 0.3) is 0 Å². The molecule has 0 radical (unpaired) electrons. The molecule has 0 saturated carbocycles. The lowest BCUT2D eigenvalue weighted by Gasteiger charge is -2.15. The van der Waals surface area contributed by atoms with E-state index in [1.165, 1.54) is 0 Å². The second-order valence-corrected chi connectivity index (χ2v) is 6.44. The Bertz CT molecular complexity index is 840. The molecule has 26 heavy (non-hydrogen) atoms. The molecule has 1 unspecified atom stereocenters. The van der Waals surface area contributed by atoms with Gasteiger partial charge in [-0.3, -0.25) is 4.79 Å². The number of carbonyl (C=O) groups is 2.